The molecule has 2 N–H and O–H groups in total. The lowest BCUT2D eigenvalue weighted by Gasteiger charge is -2.17. The van der Waals surface area contributed by atoms with Crippen LogP contribution in [-0.2, 0) is 16.1 Å². The van der Waals surface area contributed by atoms with Crippen molar-refractivity contribution in [1.82, 2.24) is 25.1 Å². The molecule has 0 aliphatic carbocycles. The smallest absolute Gasteiger partial charge is 0.225 e. The van der Waals surface area contributed by atoms with Crippen molar-refractivity contribution in [1.29, 1.82) is 0 Å². The van der Waals surface area contributed by atoms with Crippen molar-refractivity contribution in [3.05, 3.63) is 6.20 Å². The van der Waals surface area contributed by atoms with Crippen molar-refractivity contribution in [2.75, 3.05) is 37.9 Å². The fourth-order valence-corrected chi connectivity index (χ4v) is 3.00. The molecule has 1 amide bonds. The van der Waals surface area contributed by atoms with Gasteiger partial charge in [-0.3, -0.25) is 4.79 Å². The number of nitrogens with zero attached hydrogens (tertiary/aromatic N) is 4. The minimum atomic E-state index is -0.406. The maximum Gasteiger partial charge on any atom is 0.225 e. The van der Waals surface area contributed by atoms with Gasteiger partial charge in [-0.05, 0) is 6.42 Å². The van der Waals surface area contributed by atoms with Crippen LogP contribution >= 0.6 is 11.8 Å². The van der Waals surface area contributed by atoms with Crippen LogP contribution in [0.2, 0.25) is 0 Å². The van der Waals surface area contributed by atoms with Crippen molar-refractivity contribution < 1.29 is 9.53 Å². The summed E-state index contributed by atoms with van der Waals surface area (Å²) < 4.78 is 6.92. The van der Waals surface area contributed by atoms with Crippen LogP contribution in [0.1, 0.15) is 34.1 Å². The third-order valence-electron chi connectivity index (χ3n) is 3.80. The topological polar surface area (TPSA) is 94.0 Å². The van der Waals surface area contributed by atoms with Gasteiger partial charge < -0.3 is 15.4 Å². The van der Waals surface area contributed by atoms with Crippen LogP contribution in [0.15, 0.2) is 11.4 Å². The van der Waals surface area contributed by atoms with Gasteiger partial charge in [0.2, 0.25) is 5.91 Å². The highest BCUT2D eigenvalue weighted by atomic mass is 32.2. The molecule has 8 nitrogen and oxygen atoms in total. The zero-order chi connectivity index (χ0) is 19.9. The standard InChI is InChI=1S/C18H30N6O2S/c1-6-11-27-17-22-14(19-8-10-26-5)13-12-21-24(15(13)23-17)9-7-20-16(25)18(2,3)4/h12H,6-11H2,1-5H3,(H,20,25)(H,19,22,23). The molecule has 27 heavy (non-hydrogen) atoms. The van der Waals surface area contributed by atoms with Crippen LogP contribution in [0.5, 0.6) is 0 Å². The first kappa shape index (κ1) is 21.4. The third kappa shape index (κ3) is 6.07. The molecule has 2 heterocycles. The molecule has 0 saturated heterocycles. The van der Waals surface area contributed by atoms with Crippen LogP contribution in [-0.4, -0.2) is 58.2 Å². The fourth-order valence-electron chi connectivity index (χ4n) is 2.30. The molecule has 0 fully saturated rings. The molecule has 0 aliphatic heterocycles. The fraction of sp³-hybridized carbons (Fsp3) is 0.667. The highest BCUT2D eigenvalue weighted by molar-refractivity contribution is 7.99. The summed E-state index contributed by atoms with van der Waals surface area (Å²) in [7, 11) is 1.67. The zero-order valence-electron chi connectivity index (χ0n) is 16.8. The Bertz CT molecular complexity index is 756. The molecule has 0 spiro atoms. The van der Waals surface area contributed by atoms with E-state index < -0.39 is 5.41 Å². The van der Waals surface area contributed by atoms with E-state index in [1.807, 2.05) is 25.5 Å². The van der Waals surface area contributed by atoms with Gasteiger partial charge in [-0.1, -0.05) is 39.5 Å². The summed E-state index contributed by atoms with van der Waals surface area (Å²) in [6.07, 6.45) is 2.82. The second kappa shape index (κ2) is 9.89. The van der Waals surface area contributed by atoms with E-state index in [1.165, 1.54) is 0 Å². The highest BCUT2D eigenvalue weighted by Crippen LogP contribution is 2.24. The van der Waals surface area contributed by atoms with Gasteiger partial charge in [0.25, 0.3) is 0 Å². The first-order chi connectivity index (χ1) is 12.9. The zero-order valence-corrected chi connectivity index (χ0v) is 17.7. The number of nitrogens with one attached hydrogen (secondary N) is 2. The van der Waals surface area contributed by atoms with Crippen LogP contribution in [0.25, 0.3) is 11.0 Å². The van der Waals surface area contributed by atoms with Gasteiger partial charge in [0.15, 0.2) is 10.8 Å². The molecule has 0 atom stereocenters. The molecular weight excluding hydrogens is 364 g/mol. The Morgan fingerprint density at radius 1 is 1.30 bits per heavy atom. The molecule has 150 valence electrons. The van der Waals surface area contributed by atoms with Crippen molar-refractivity contribution in [3.63, 3.8) is 0 Å². The third-order valence-corrected chi connectivity index (χ3v) is 4.85. The predicted octanol–water partition coefficient (Wildman–Crippen LogP) is 2.55. The average molecular weight is 395 g/mol. The van der Waals surface area contributed by atoms with Gasteiger partial charge in [0.1, 0.15) is 5.82 Å². The Morgan fingerprint density at radius 2 is 2.07 bits per heavy atom. The number of thioether (sulfide) groups is 1. The van der Waals surface area contributed by atoms with E-state index in [2.05, 4.69) is 32.6 Å². The average Bonchev–Trinajstić information content (AvgIpc) is 3.02. The Labute approximate surface area is 164 Å². The van der Waals surface area contributed by atoms with Gasteiger partial charge in [-0.15, -0.1) is 0 Å². The van der Waals surface area contributed by atoms with Gasteiger partial charge in [-0.2, -0.15) is 5.10 Å². The maximum absolute atomic E-state index is 12.0. The van der Waals surface area contributed by atoms with E-state index in [0.29, 0.717) is 26.2 Å². The second-order valence-electron chi connectivity index (χ2n) is 7.23. The first-order valence-corrected chi connectivity index (χ1v) is 10.2. The first-order valence-electron chi connectivity index (χ1n) is 9.24. The summed E-state index contributed by atoms with van der Waals surface area (Å²) in [5, 5.41) is 12.3. The number of aromatic nitrogens is 4. The predicted molar refractivity (Wildman–Crippen MR) is 109 cm³/mol. The van der Waals surface area contributed by atoms with Gasteiger partial charge in [0, 0.05) is 31.4 Å². The van der Waals surface area contributed by atoms with Gasteiger partial charge >= 0.3 is 0 Å². The van der Waals surface area contributed by atoms with E-state index in [0.717, 1.165) is 34.2 Å². The minimum Gasteiger partial charge on any atom is -0.383 e. The Balaban J connectivity index is 2.19. The number of carbonyl (C=O) groups is 1. The molecule has 9 heteroatoms. The van der Waals surface area contributed by atoms with Crippen LogP contribution in [0.3, 0.4) is 0 Å². The SMILES string of the molecule is CCCSc1nc(NCCOC)c2cnn(CCNC(=O)C(C)(C)C)c2n1. The molecule has 0 unspecified atom stereocenters. The Hall–Kier alpha value is -1.87. The van der Waals surface area contributed by atoms with E-state index >= 15 is 0 Å². The number of fused-ring (bicyclic) bond motifs is 1. The minimum absolute atomic E-state index is 0.0229. The lowest BCUT2D eigenvalue weighted by Crippen LogP contribution is -2.36. The Morgan fingerprint density at radius 3 is 2.74 bits per heavy atom. The van der Waals surface area contributed by atoms with E-state index in [1.54, 1.807) is 25.1 Å². The molecule has 2 aromatic heterocycles. The van der Waals surface area contributed by atoms with Crippen LogP contribution in [0, 0.1) is 5.41 Å². The summed E-state index contributed by atoms with van der Waals surface area (Å²) in [5.74, 6) is 1.74. The van der Waals surface area contributed by atoms with Crippen LogP contribution in [0.4, 0.5) is 5.82 Å². The van der Waals surface area contributed by atoms with Crippen molar-refractivity contribution in [2.45, 2.75) is 45.8 Å². The van der Waals surface area contributed by atoms with E-state index in [-0.39, 0.29) is 5.91 Å². The largest absolute Gasteiger partial charge is 0.383 e. The highest BCUT2D eigenvalue weighted by Gasteiger charge is 2.20. The summed E-state index contributed by atoms with van der Waals surface area (Å²) in [4.78, 5) is 21.3. The molecule has 0 saturated carbocycles. The van der Waals surface area contributed by atoms with Crippen molar-refractivity contribution in [3.8, 4) is 0 Å². The number of amides is 1. The lowest BCUT2D eigenvalue weighted by molar-refractivity contribution is -0.128. The van der Waals surface area contributed by atoms with Gasteiger partial charge in [0.05, 0.1) is 24.7 Å². The second-order valence-corrected chi connectivity index (χ2v) is 8.30. The monoisotopic (exact) mass is 394 g/mol. The summed E-state index contributed by atoms with van der Waals surface area (Å²) in [6, 6.07) is 0. The van der Waals surface area contributed by atoms with E-state index in [9.17, 15) is 4.79 Å². The number of methoxy groups -OCH3 is 1. The molecular formula is C18H30N6O2S. The van der Waals surface area contributed by atoms with Crippen molar-refractivity contribution in [2.24, 2.45) is 5.41 Å². The van der Waals surface area contributed by atoms with Crippen molar-refractivity contribution >= 4 is 34.5 Å². The number of ether oxygens (including phenoxy) is 1. The normalized spacial score (nSPS) is 11.7. The van der Waals surface area contributed by atoms with Crippen LogP contribution < -0.4 is 10.6 Å². The molecule has 0 aliphatic rings. The lowest BCUT2D eigenvalue weighted by atomic mass is 9.96. The summed E-state index contributed by atoms with van der Waals surface area (Å²) >= 11 is 1.63. The number of hydrogen-bond acceptors (Lipinski definition) is 7. The molecule has 0 bridgehead atoms. The molecule has 2 rings (SSSR count). The Kier molecular flexibility index (Phi) is 7.85. The van der Waals surface area contributed by atoms with Gasteiger partial charge in [-0.25, -0.2) is 14.6 Å². The maximum atomic E-state index is 12.0. The number of rotatable bonds is 10. The van der Waals surface area contributed by atoms with E-state index in [4.69, 9.17) is 4.74 Å². The number of carbonyl (C=O) groups excluding carboxylic acids is 1. The summed E-state index contributed by atoms with van der Waals surface area (Å²) in [5.41, 5.74) is 0.366. The molecule has 2 aromatic rings. The molecule has 0 aromatic carbocycles. The summed E-state index contributed by atoms with van der Waals surface area (Å²) in [6.45, 7) is 10.1. The number of anilines is 1. The molecule has 0 radical (unpaired) electrons. The quantitative estimate of drug-likeness (QED) is 0.363. The number of hydrogen-bond donors (Lipinski definition) is 2.